The van der Waals surface area contributed by atoms with Gasteiger partial charge in [-0.25, -0.2) is 0 Å². The molecule has 1 N–H and O–H groups in total. The van der Waals surface area contributed by atoms with Gasteiger partial charge in [0.15, 0.2) is 0 Å². The van der Waals surface area contributed by atoms with Crippen LogP contribution in [0.3, 0.4) is 0 Å². The van der Waals surface area contributed by atoms with E-state index in [4.69, 9.17) is 0 Å². The molecule has 0 saturated heterocycles. The van der Waals surface area contributed by atoms with Crippen LogP contribution in [-0.2, 0) is 0 Å². The molecule has 0 aliphatic rings. The Bertz CT molecular complexity index is 195. The highest BCUT2D eigenvalue weighted by atomic mass is 15.1. The number of nitrogens with one attached hydrogen (secondary N) is 1. The van der Waals surface area contributed by atoms with Gasteiger partial charge in [0, 0.05) is 19.6 Å². The van der Waals surface area contributed by atoms with Crippen LogP contribution in [0.25, 0.3) is 0 Å². The molecule has 0 spiro atoms. The summed E-state index contributed by atoms with van der Waals surface area (Å²) in [4.78, 5) is 2.34. The monoisotopic (exact) mass is 210 g/mol. The number of nitrogens with zero attached hydrogens (tertiary/aromatic N) is 1. The maximum Gasteiger partial charge on any atom is 0.0104 e. The van der Waals surface area contributed by atoms with Gasteiger partial charge in [-0.05, 0) is 33.9 Å². The first-order chi connectivity index (χ1) is 7.20. The third-order valence-corrected chi connectivity index (χ3v) is 2.50. The second kappa shape index (κ2) is 9.94. The molecule has 2 heteroatoms. The maximum absolute atomic E-state index is 3.15. The summed E-state index contributed by atoms with van der Waals surface area (Å²) in [5.41, 5.74) is 1.44. The minimum absolute atomic E-state index is 1.06. The fraction of sp³-hybridized carbons (Fsp3) is 0.692. The van der Waals surface area contributed by atoms with Crippen molar-refractivity contribution in [3.63, 3.8) is 0 Å². The number of likely N-dealkylation sites (N-methyl/N-ethyl adjacent to an activating group) is 2. The van der Waals surface area contributed by atoms with Crippen molar-refractivity contribution in [1.29, 1.82) is 0 Å². The molecule has 0 heterocycles. The van der Waals surface area contributed by atoms with Gasteiger partial charge in [-0.2, -0.15) is 0 Å². The molecule has 0 bridgehead atoms. The zero-order chi connectivity index (χ0) is 11.5. The lowest BCUT2D eigenvalue weighted by molar-refractivity contribution is 0.342. The fourth-order valence-electron chi connectivity index (χ4n) is 1.16. The van der Waals surface area contributed by atoms with Crippen molar-refractivity contribution in [2.24, 2.45) is 0 Å². The summed E-state index contributed by atoms with van der Waals surface area (Å²) in [6.45, 7) is 7.68. The van der Waals surface area contributed by atoms with Gasteiger partial charge >= 0.3 is 0 Å². The molecule has 0 radical (unpaired) electrons. The predicted molar refractivity (Wildman–Crippen MR) is 69.2 cm³/mol. The first-order valence-corrected chi connectivity index (χ1v) is 5.86. The van der Waals surface area contributed by atoms with Crippen molar-refractivity contribution in [1.82, 2.24) is 10.2 Å². The van der Waals surface area contributed by atoms with Crippen molar-refractivity contribution >= 4 is 0 Å². The Morgan fingerprint density at radius 3 is 2.67 bits per heavy atom. The van der Waals surface area contributed by atoms with E-state index in [1.165, 1.54) is 5.57 Å². The Labute approximate surface area is 95.0 Å². The molecular formula is C13H26N2. The molecule has 0 rings (SSSR count). The average molecular weight is 210 g/mol. The standard InChI is InChI=1S/C13H26N2/c1-5-13(2)9-7-6-8-11-15(4)12-10-14-3/h6-7,9,14H,5,8,10-12H2,1-4H3/b7-6-,13-9+. The zero-order valence-corrected chi connectivity index (χ0v) is 10.7. The van der Waals surface area contributed by atoms with Crippen LogP contribution in [0.15, 0.2) is 23.8 Å². The summed E-state index contributed by atoms with van der Waals surface area (Å²) in [5, 5.41) is 3.15. The number of allylic oxidation sites excluding steroid dienone is 3. The highest BCUT2D eigenvalue weighted by Gasteiger charge is 1.93. The minimum Gasteiger partial charge on any atom is -0.318 e. The summed E-state index contributed by atoms with van der Waals surface area (Å²) in [6.07, 6.45) is 8.90. The summed E-state index contributed by atoms with van der Waals surface area (Å²) in [6, 6.07) is 0. The molecule has 0 atom stereocenters. The molecule has 0 saturated carbocycles. The smallest absolute Gasteiger partial charge is 0.0104 e. The van der Waals surface area contributed by atoms with Crippen LogP contribution >= 0.6 is 0 Å². The Morgan fingerprint density at radius 1 is 1.33 bits per heavy atom. The predicted octanol–water partition coefficient (Wildman–Crippen LogP) is 2.44. The second-order valence-corrected chi connectivity index (χ2v) is 3.99. The van der Waals surface area contributed by atoms with Crippen molar-refractivity contribution in [3.8, 4) is 0 Å². The number of hydrogen-bond acceptors (Lipinski definition) is 2. The van der Waals surface area contributed by atoms with E-state index in [0.29, 0.717) is 0 Å². The summed E-state index contributed by atoms with van der Waals surface area (Å²) in [5.74, 6) is 0. The van der Waals surface area contributed by atoms with E-state index in [1.807, 2.05) is 7.05 Å². The van der Waals surface area contributed by atoms with E-state index in [-0.39, 0.29) is 0 Å². The van der Waals surface area contributed by atoms with Crippen LogP contribution in [0.2, 0.25) is 0 Å². The van der Waals surface area contributed by atoms with E-state index in [2.05, 4.69) is 49.3 Å². The molecule has 2 nitrogen and oxygen atoms in total. The quantitative estimate of drug-likeness (QED) is 0.619. The number of rotatable bonds is 8. The van der Waals surface area contributed by atoms with E-state index in [1.54, 1.807) is 0 Å². The van der Waals surface area contributed by atoms with Crippen LogP contribution in [0.4, 0.5) is 0 Å². The number of hydrogen-bond donors (Lipinski definition) is 1. The molecule has 0 unspecified atom stereocenters. The van der Waals surface area contributed by atoms with Crippen LogP contribution in [0.1, 0.15) is 26.7 Å². The third kappa shape index (κ3) is 9.70. The van der Waals surface area contributed by atoms with Gasteiger partial charge in [0.1, 0.15) is 0 Å². The lowest BCUT2D eigenvalue weighted by Gasteiger charge is -2.14. The summed E-state index contributed by atoms with van der Waals surface area (Å²) < 4.78 is 0. The van der Waals surface area contributed by atoms with E-state index < -0.39 is 0 Å². The molecule has 0 amide bonds. The third-order valence-electron chi connectivity index (χ3n) is 2.50. The van der Waals surface area contributed by atoms with Crippen molar-refractivity contribution in [3.05, 3.63) is 23.8 Å². The Balaban J connectivity index is 3.52. The van der Waals surface area contributed by atoms with Gasteiger partial charge in [0.05, 0.1) is 0 Å². The molecule has 0 aromatic carbocycles. The molecule has 88 valence electrons. The van der Waals surface area contributed by atoms with Crippen molar-refractivity contribution in [2.45, 2.75) is 26.7 Å². The van der Waals surface area contributed by atoms with Crippen LogP contribution in [0.5, 0.6) is 0 Å². The average Bonchev–Trinajstić information content (AvgIpc) is 2.25. The fourth-order valence-corrected chi connectivity index (χ4v) is 1.16. The van der Waals surface area contributed by atoms with Gasteiger partial charge in [-0.1, -0.05) is 30.7 Å². The zero-order valence-electron chi connectivity index (χ0n) is 10.7. The highest BCUT2D eigenvalue weighted by Crippen LogP contribution is 1.98. The van der Waals surface area contributed by atoms with E-state index in [0.717, 1.165) is 32.5 Å². The highest BCUT2D eigenvalue weighted by molar-refractivity contribution is 5.09. The maximum atomic E-state index is 3.15. The van der Waals surface area contributed by atoms with Gasteiger partial charge in [0.25, 0.3) is 0 Å². The summed E-state index contributed by atoms with van der Waals surface area (Å²) >= 11 is 0. The Morgan fingerprint density at radius 2 is 2.07 bits per heavy atom. The molecule has 0 aromatic heterocycles. The minimum atomic E-state index is 1.06. The Hall–Kier alpha value is -0.600. The lowest BCUT2D eigenvalue weighted by atomic mass is 10.2. The van der Waals surface area contributed by atoms with Crippen molar-refractivity contribution < 1.29 is 0 Å². The molecule has 0 fully saturated rings. The first kappa shape index (κ1) is 14.4. The van der Waals surface area contributed by atoms with Crippen LogP contribution < -0.4 is 5.32 Å². The largest absolute Gasteiger partial charge is 0.318 e. The van der Waals surface area contributed by atoms with E-state index >= 15 is 0 Å². The molecule has 15 heavy (non-hydrogen) atoms. The van der Waals surface area contributed by atoms with Crippen LogP contribution in [-0.4, -0.2) is 38.6 Å². The van der Waals surface area contributed by atoms with Gasteiger partial charge < -0.3 is 10.2 Å². The molecular weight excluding hydrogens is 184 g/mol. The van der Waals surface area contributed by atoms with Gasteiger partial charge in [-0.15, -0.1) is 0 Å². The van der Waals surface area contributed by atoms with Gasteiger partial charge in [0.2, 0.25) is 0 Å². The van der Waals surface area contributed by atoms with E-state index in [9.17, 15) is 0 Å². The van der Waals surface area contributed by atoms with Crippen LogP contribution in [0, 0.1) is 0 Å². The van der Waals surface area contributed by atoms with Crippen molar-refractivity contribution in [2.75, 3.05) is 33.7 Å². The molecule has 0 aliphatic carbocycles. The molecule has 0 aromatic rings. The first-order valence-electron chi connectivity index (χ1n) is 5.86. The SMILES string of the molecule is CC/C(C)=C/C=C\CCN(C)CCNC. The topological polar surface area (TPSA) is 15.3 Å². The van der Waals surface area contributed by atoms with Gasteiger partial charge in [-0.3, -0.25) is 0 Å². The molecule has 0 aliphatic heterocycles. The lowest BCUT2D eigenvalue weighted by Crippen LogP contribution is -2.27. The Kier molecular flexibility index (Phi) is 9.54. The second-order valence-electron chi connectivity index (χ2n) is 3.99. The normalized spacial score (nSPS) is 13.0. The summed E-state index contributed by atoms with van der Waals surface area (Å²) in [7, 11) is 4.16.